The summed E-state index contributed by atoms with van der Waals surface area (Å²) in [6.07, 6.45) is 7.18. The Kier molecular flexibility index (Phi) is 5.40. The van der Waals surface area contributed by atoms with Gasteiger partial charge in [0.05, 0.1) is 6.04 Å². The quantitative estimate of drug-likeness (QED) is 0.774. The molecule has 4 aliphatic carbocycles. The van der Waals surface area contributed by atoms with Crippen molar-refractivity contribution in [1.29, 1.82) is 0 Å². The third kappa shape index (κ3) is 4.29. The molecule has 1 atom stereocenters. The Morgan fingerprint density at radius 3 is 2.06 bits per heavy atom. The van der Waals surface area contributed by atoms with E-state index in [9.17, 15) is 14.0 Å². The number of piperazine rings is 1. The van der Waals surface area contributed by atoms with Crippen LogP contribution in [0.1, 0.15) is 45.4 Å². The maximum atomic E-state index is 13.1. The minimum Gasteiger partial charge on any atom is -0.369 e. The molecule has 4 saturated carbocycles. The van der Waals surface area contributed by atoms with Crippen LogP contribution in [0, 0.1) is 23.6 Å². The average Bonchev–Trinajstić information content (AvgIpc) is 2.72. The molecule has 1 saturated heterocycles. The van der Waals surface area contributed by atoms with Gasteiger partial charge in [-0.25, -0.2) is 9.18 Å². The number of amides is 3. The monoisotopic (exact) mass is 428 g/mol. The summed E-state index contributed by atoms with van der Waals surface area (Å²) in [5.41, 5.74) is 0.900. The van der Waals surface area contributed by atoms with Gasteiger partial charge in [-0.1, -0.05) is 0 Å². The normalized spacial score (nSPS) is 33.2. The number of carbonyl (C=O) groups is 2. The van der Waals surface area contributed by atoms with Crippen LogP contribution in [0.25, 0.3) is 0 Å². The zero-order valence-electron chi connectivity index (χ0n) is 18.3. The molecular formula is C24H33FN4O2. The Bertz CT molecular complexity index is 799. The Morgan fingerprint density at radius 2 is 1.52 bits per heavy atom. The van der Waals surface area contributed by atoms with E-state index in [1.54, 1.807) is 12.1 Å². The van der Waals surface area contributed by atoms with Gasteiger partial charge >= 0.3 is 6.03 Å². The van der Waals surface area contributed by atoms with E-state index in [-0.39, 0.29) is 29.3 Å². The standard InChI is InChI=1S/C24H33FN4O2/c1-16(28-6-8-29(9-7-28)21-4-2-20(25)3-5-21)22(30)26-23(31)27-24-13-17-10-18(14-24)12-19(11-17)15-24/h2-5,16-19H,6-15H2,1H3,(H2,26,27,30,31)/t16-,17?,18?,19?,24?/m1/s1. The lowest BCUT2D eigenvalue weighted by atomic mass is 9.53. The van der Waals surface area contributed by atoms with E-state index in [1.165, 1.54) is 31.4 Å². The molecule has 168 valence electrons. The predicted octanol–water partition coefficient (Wildman–Crippen LogP) is 3.13. The van der Waals surface area contributed by atoms with E-state index >= 15 is 0 Å². The van der Waals surface area contributed by atoms with Gasteiger partial charge < -0.3 is 10.2 Å². The molecule has 0 radical (unpaired) electrons. The highest BCUT2D eigenvalue weighted by Crippen LogP contribution is 2.55. The van der Waals surface area contributed by atoms with Gasteiger partial charge in [0.2, 0.25) is 5.91 Å². The molecular weight excluding hydrogens is 395 g/mol. The van der Waals surface area contributed by atoms with Crippen LogP contribution in [0.3, 0.4) is 0 Å². The van der Waals surface area contributed by atoms with E-state index in [1.807, 2.05) is 6.92 Å². The molecule has 2 N–H and O–H groups in total. The number of nitrogens with one attached hydrogen (secondary N) is 2. The number of hydrogen-bond donors (Lipinski definition) is 2. The molecule has 5 fully saturated rings. The number of nitrogens with zero attached hydrogens (tertiary/aromatic N) is 2. The van der Waals surface area contributed by atoms with Crippen molar-refractivity contribution in [2.45, 2.75) is 57.0 Å². The Labute approximate surface area is 183 Å². The zero-order valence-corrected chi connectivity index (χ0v) is 18.3. The van der Waals surface area contributed by atoms with Gasteiger partial charge in [-0.15, -0.1) is 0 Å². The van der Waals surface area contributed by atoms with Gasteiger partial charge in [0.15, 0.2) is 0 Å². The van der Waals surface area contributed by atoms with E-state index in [0.29, 0.717) is 0 Å². The number of benzene rings is 1. The maximum Gasteiger partial charge on any atom is 0.321 e. The summed E-state index contributed by atoms with van der Waals surface area (Å²) in [4.78, 5) is 29.7. The van der Waals surface area contributed by atoms with Crippen molar-refractivity contribution in [2.24, 2.45) is 17.8 Å². The van der Waals surface area contributed by atoms with Gasteiger partial charge in [0.25, 0.3) is 0 Å². The molecule has 1 aliphatic heterocycles. The van der Waals surface area contributed by atoms with Crippen LogP contribution in [0.2, 0.25) is 0 Å². The molecule has 0 spiro atoms. The fraction of sp³-hybridized carbons (Fsp3) is 0.667. The smallest absolute Gasteiger partial charge is 0.321 e. The lowest BCUT2D eigenvalue weighted by Gasteiger charge is -2.56. The summed E-state index contributed by atoms with van der Waals surface area (Å²) >= 11 is 0. The summed E-state index contributed by atoms with van der Waals surface area (Å²) in [5.74, 6) is 1.77. The highest BCUT2D eigenvalue weighted by atomic mass is 19.1. The first-order chi connectivity index (χ1) is 14.9. The highest BCUT2D eigenvalue weighted by Gasteiger charge is 2.51. The predicted molar refractivity (Wildman–Crippen MR) is 117 cm³/mol. The van der Waals surface area contributed by atoms with Crippen LogP contribution in [0.4, 0.5) is 14.9 Å². The molecule has 1 aromatic rings. The summed E-state index contributed by atoms with van der Waals surface area (Å²) in [5, 5.41) is 5.83. The minimum absolute atomic E-state index is 0.0941. The summed E-state index contributed by atoms with van der Waals surface area (Å²) < 4.78 is 13.1. The van der Waals surface area contributed by atoms with Crippen LogP contribution < -0.4 is 15.5 Å². The largest absolute Gasteiger partial charge is 0.369 e. The molecule has 4 bridgehead atoms. The molecule has 3 amide bonds. The average molecular weight is 429 g/mol. The van der Waals surface area contributed by atoms with Gasteiger partial charge in [-0.3, -0.25) is 15.0 Å². The molecule has 6 nitrogen and oxygen atoms in total. The van der Waals surface area contributed by atoms with Gasteiger partial charge in [-0.05, 0) is 87.5 Å². The lowest BCUT2D eigenvalue weighted by Crippen LogP contribution is -2.63. The van der Waals surface area contributed by atoms with Crippen molar-refractivity contribution in [3.8, 4) is 0 Å². The first-order valence-electron chi connectivity index (χ1n) is 11.8. The Hall–Kier alpha value is -2.15. The molecule has 0 unspecified atom stereocenters. The Morgan fingerprint density at radius 1 is 0.968 bits per heavy atom. The highest BCUT2D eigenvalue weighted by molar-refractivity contribution is 5.97. The van der Waals surface area contributed by atoms with Crippen molar-refractivity contribution >= 4 is 17.6 Å². The van der Waals surface area contributed by atoms with E-state index in [4.69, 9.17) is 0 Å². The first-order valence-corrected chi connectivity index (χ1v) is 11.8. The van der Waals surface area contributed by atoms with Gasteiger partial charge in [-0.2, -0.15) is 0 Å². The van der Waals surface area contributed by atoms with Gasteiger partial charge in [0.1, 0.15) is 5.82 Å². The van der Waals surface area contributed by atoms with Gasteiger partial charge in [0, 0.05) is 37.4 Å². The van der Waals surface area contributed by atoms with Crippen LogP contribution in [0.5, 0.6) is 0 Å². The van der Waals surface area contributed by atoms with Crippen LogP contribution in [0.15, 0.2) is 24.3 Å². The van der Waals surface area contributed by atoms with Crippen molar-refractivity contribution in [3.05, 3.63) is 30.1 Å². The number of urea groups is 1. The fourth-order valence-corrected chi connectivity index (χ4v) is 6.94. The molecule has 7 heteroatoms. The van der Waals surface area contributed by atoms with Crippen molar-refractivity contribution < 1.29 is 14.0 Å². The van der Waals surface area contributed by atoms with Crippen LogP contribution in [-0.4, -0.2) is 54.6 Å². The minimum atomic E-state index is -0.363. The number of imide groups is 1. The number of carbonyl (C=O) groups excluding carboxylic acids is 2. The number of rotatable bonds is 4. The molecule has 31 heavy (non-hydrogen) atoms. The molecule has 1 aromatic carbocycles. The summed E-state index contributed by atoms with van der Waals surface area (Å²) in [6.45, 7) is 4.84. The fourth-order valence-electron chi connectivity index (χ4n) is 6.94. The third-order valence-electron chi connectivity index (χ3n) is 8.09. The van der Waals surface area contributed by atoms with Crippen molar-refractivity contribution in [1.82, 2.24) is 15.5 Å². The summed E-state index contributed by atoms with van der Waals surface area (Å²) in [6, 6.07) is 5.83. The number of halogens is 1. The zero-order chi connectivity index (χ0) is 21.6. The second-order valence-corrected chi connectivity index (χ2v) is 10.3. The molecule has 6 rings (SSSR count). The lowest BCUT2D eigenvalue weighted by molar-refractivity contribution is -0.125. The van der Waals surface area contributed by atoms with E-state index in [2.05, 4.69) is 20.4 Å². The van der Waals surface area contributed by atoms with Crippen LogP contribution >= 0.6 is 0 Å². The molecule has 5 aliphatic rings. The number of hydrogen-bond acceptors (Lipinski definition) is 4. The van der Waals surface area contributed by atoms with E-state index < -0.39 is 0 Å². The first kappa shape index (κ1) is 20.7. The summed E-state index contributed by atoms with van der Waals surface area (Å²) in [7, 11) is 0. The molecule has 0 aromatic heterocycles. The third-order valence-corrected chi connectivity index (χ3v) is 8.09. The number of anilines is 1. The molecule has 1 heterocycles. The second-order valence-electron chi connectivity index (χ2n) is 10.3. The van der Waals surface area contributed by atoms with Crippen molar-refractivity contribution in [3.63, 3.8) is 0 Å². The van der Waals surface area contributed by atoms with E-state index in [0.717, 1.165) is 68.9 Å². The SMILES string of the molecule is C[C@H](C(=O)NC(=O)NC12CC3CC(CC(C3)C1)C2)N1CCN(c2ccc(F)cc2)CC1. The van der Waals surface area contributed by atoms with Crippen LogP contribution in [-0.2, 0) is 4.79 Å². The maximum absolute atomic E-state index is 13.1. The Balaban J connectivity index is 1.11. The van der Waals surface area contributed by atoms with Crippen molar-refractivity contribution in [2.75, 3.05) is 31.1 Å². The second kappa shape index (κ2) is 8.08. The topological polar surface area (TPSA) is 64.7 Å².